The van der Waals surface area contributed by atoms with E-state index in [9.17, 15) is 30.3 Å². The van der Waals surface area contributed by atoms with E-state index < -0.39 is 49.5 Å². The van der Waals surface area contributed by atoms with Gasteiger partial charge in [0.1, 0.15) is 24.4 Å². The molecule has 0 spiro atoms. The zero-order valence-corrected chi connectivity index (χ0v) is 38.5. The number of ether oxygens (including phenoxy) is 2. The van der Waals surface area contributed by atoms with Crippen molar-refractivity contribution in [1.82, 2.24) is 5.32 Å². The molecule has 0 aromatic carbocycles. The standard InChI is InChI=1S/C51H93NO8/c1-3-5-7-9-11-13-15-17-19-20-21-22-23-24-25-26-27-29-31-33-35-37-39-41-47(55)52-44(43-59-51-50(58)49(57)48(56)46(42-53)60-51)45(54)40-38-36-34-32-30-28-18-16-14-12-10-8-6-4-2/h14,16,20-21,30,32,38,40,44-46,48-51,53-54,56-58H,3-13,15,17-19,22-29,31,33-37,39,41-43H2,1-2H3,(H,52,55)/b16-14+,21-20-,32-30+,40-38+. The third-order valence-electron chi connectivity index (χ3n) is 11.6. The van der Waals surface area contributed by atoms with Crippen LogP contribution in [0.4, 0.5) is 0 Å². The topological polar surface area (TPSA) is 149 Å². The average molecular weight is 848 g/mol. The van der Waals surface area contributed by atoms with Gasteiger partial charge in [0.25, 0.3) is 0 Å². The highest BCUT2D eigenvalue weighted by atomic mass is 16.7. The summed E-state index contributed by atoms with van der Waals surface area (Å²) in [6.07, 6.45) is 45.9. The van der Waals surface area contributed by atoms with Gasteiger partial charge in [-0.05, 0) is 70.6 Å². The van der Waals surface area contributed by atoms with Crippen LogP contribution in [0.3, 0.4) is 0 Å². The molecular formula is C51H93NO8. The van der Waals surface area contributed by atoms with Crippen molar-refractivity contribution >= 4 is 5.91 Å². The van der Waals surface area contributed by atoms with Gasteiger partial charge < -0.3 is 40.3 Å². The number of hydrogen-bond acceptors (Lipinski definition) is 8. The predicted octanol–water partition coefficient (Wildman–Crippen LogP) is 11.0. The van der Waals surface area contributed by atoms with Crippen LogP contribution in [0.15, 0.2) is 48.6 Å². The third-order valence-corrected chi connectivity index (χ3v) is 11.6. The van der Waals surface area contributed by atoms with Gasteiger partial charge in [0.2, 0.25) is 5.91 Å². The number of carbonyl (C=O) groups excluding carboxylic acids is 1. The van der Waals surface area contributed by atoms with Crippen LogP contribution in [0, 0.1) is 0 Å². The van der Waals surface area contributed by atoms with Gasteiger partial charge in [0.15, 0.2) is 6.29 Å². The van der Waals surface area contributed by atoms with E-state index in [0.29, 0.717) is 6.42 Å². The Balaban J connectivity index is 2.30. The maximum atomic E-state index is 13.0. The highest BCUT2D eigenvalue weighted by Gasteiger charge is 2.44. The van der Waals surface area contributed by atoms with Gasteiger partial charge in [-0.15, -0.1) is 0 Å². The molecule has 9 heteroatoms. The molecule has 350 valence electrons. The fraction of sp³-hybridized carbons (Fsp3) is 0.824. The number of carbonyl (C=O) groups is 1. The Labute approximate surface area is 367 Å². The quantitative estimate of drug-likeness (QED) is 0.0263. The minimum absolute atomic E-state index is 0.193. The molecule has 0 bridgehead atoms. The van der Waals surface area contributed by atoms with E-state index in [4.69, 9.17) is 9.47 Å². The Hall–Kier alpha value is -1.85. The minimum Gasteiger partial charge on any atom is -0.394 e. The maximum absolute atomic E-state index is 13.0. The summed E-state index contributed by atoms with van der Waals surface area (Å²) in [4.78, 5) is 13.0. The maximum Gasteiger partial charge on any atom is 0.220 e. The Kier molecular flexibility index (Phi) is 38.5. The van der Waals surface area contributed by atoms with Gasteiger partial charge in [0.05, 0.1) is 25.4 Å². The first-order valence-corrected chi connectivity index (χ1v) is 24.9. The Morgan fingerprint density at radius 3 is 1.42 bits per heavy atom. The van der Waals surface area contributed by atoms with E-state index in [2.05, 4.69) is 55.6 Å². The molecule has 0 aromatic rings. The Morgan fingerprint density at radius 1 is 0.550 bits per heavy atom. The van der Waals surface area contributed by atoms with Crippen molar-refractivity contribution in [2.24, 2.45) is 0 Å². The second kappa shape index (κ2) is 41.2. The van der Waals surface area contributed by atoms with E-state index in [1.54, 1.807) is 6.08 Å². The normalized spacial score (nSPS) is 20.9. The lowest BCUT2D eigenvalue weighted by Crippen LogP contribution is -2.60. The fourth-order valence-electron chi connectivity index (χ4n) is 7.59. The van der Waals surface area contributed by atoms with Crippen LogP contribution in [0.2, 0.25) is 0 Å². The summed E-state index contributed by atoms with van der Waals surface area (Å²) < 4.78 is 11.2. The molecular weight excluding hydrogens is 755 g/mol. The van der Waals surface area contributed by atoms with E-state index in [1.165, 1.54) is 141 Å². The molecule has 1 aliphatic heterocycles. The van der Waals surface area contributed by atoms with Crippen LogP contribution in [0.5, 0.6) is 0 Å². The highest BCUT2D eigenvalue weighted by molar-refractivity contribution is 5.76. The molecule has 9 nitrogen and oxygen atoms in total. The van der Waals surface area contributed by atoms with Gasteiger partial charge in [-0.3, -0.25) is 4.79 Å². The summed E-state index contributed by atoms with van der Waals surface area (Å²) in [7, 11) is 0. The van der Waals surface area contributed by atoms with Gasteiger partial charge in [-0.1, -0.05) is 184 Å². The smallest absolute Gasteiger partial charge is 0.220 e. The molecule has 0 radical (unpaired) electrons. The predicted molar refractivity (Wildman–Crippen MR) is 249 cm³/mol. The lowest BCUT2D eigenvalue weighted by molar-refractivity contribution is -0.302. The van der Waals surface area contributed by atoms with E-state index in [1.807, 2.05) is 6.08 Å². The molecule has 1 rings (SSSR count). The fourth-order valence-corrected chi connectivity index (χ4v) is 7.59. The summed E-state index contributed by atoms with van der Waals surface area (Å²) >= 11 is 0. The van der Waals surface area contributed by atoms with E-state index >= 15 is 0 Å². The molecule has 7 atom stereocenters. The average Bonchev–Trinajstić information content (AvgIpc) is 3.25. The molecule has 0 aromatic heterocycles. The van der Waals surface area contributed by atoms with Crippen molar-refractivity contribution in [3.63, 3.8) is 0 Å². The van der Waals surface area contributed by atoms with Crippen molar-refractivity contribution in [1.29, 1.82) is 0 Å². The van der Waals surface area contributed by atoms with Crippen molar-refractivity contribution in [2.75, 3.05) is 13.2 Å². The number of aliphatic hydroxyl groups excluding tert-OH is 5. The highest BCUT2D eigenvalue weighted by Crippen LogP contribution is 2.22. The van der Waals surface area contributed by atoms with E-state index in [0.717, 1.165) is 51.4 Å². The van der Waals surface area contributed by atoms with Gasteiger partial charge in [0, 0.05) is 6.42 Å². The molecule has 1 heterocycles. The lowest BCUT2D eigenvalue weighted by atomic mass is 9.99. The van der Waals surface area contributed by atoms with Crippen molar-refractivity contribution in [3.8, 4) is 0 Å². The largest absolute Gasteiger partial charge is 0.394 e. The second-order valence-corrected chi connectivity index (χ2v) is 17.2. The second-order valence-electron chi connectivity index (χ2n) is 17.2. The Bertz CT molecular complexity index is 1080. The summed E-state index contributed by atoms with van der Waals surface area (Å²) in [5.74, 6) is -0.193. The molecule has 60 heavy (non-hydrogen) atoms. The van der Waals surface area contributed by atoms with Crippen LogP contribution in [-0.4, -0.2) is 87.5 Å². The number of amides is 1. The van der Waals surface area contributed by atoms with Crippen molar-refractivity contribution in [2.45, 2.75) is 256 Å². The zero-order chi connectivity index (χ0) is 43.7. The monoisotopic (exact) mass is 848 g/mol. The number of rotatable bonds is 41. The number of allylic oxidation sites excluding steroid dienone is 7. The number of nitrogens with one attached hydrogen (secondary N) is 1. The number of unbranched alkanes of at least 4 members (excludes halogenated alkanes) is 25. The summed E-state index contributed by atoms with van der Waals surface area (Å²) in [5, 5.41) is 54.2. The summed E-state index contributed by atoms with van der Waals surface area (Å²) in [5.41, 5.74) is 0. The number of hydrogen-bond donors (Lipinski definition) is 6. The summed E-state index contributed by atoms with van der Waals surface area (Å²) in [6.45, 7) is 3.73. The van der Waals surface area contributed by atoms with Crippen LogP contribution in [0.25, 0.3) is 0 Å². The molecule has 1 amide bonds. The van der Waals surface area contributed by atoms with Crippen molar-refractivity contribution in [3.05, 3.63) is 48.6 Å². The summed E-state index contributed by atoms with van der Waals surface area (Å²) in [6, 6.07) is -0.827. The van der Waals surface area contributed by atoms with Crippen molar-refractivity contribution < 1.29 is 39.8 Å². The van der Waals surface area contributed by atoms with Crippen LogP contribution < -0.4 is 5.32 Å². The molecule has 1 fully saturated rings. The molecule has 0 aliphatic carbocycles. The minimum atomic E-state index is -1.57. The van der Waals surface area contributed by atoms with Gasteiger partial charge >= 0.3 is 0 Å². The molecule has 1 saturated heterocycles. The first kappa shape index (κ1) is 56.2. The van der Waals surface area contributed by atoms with E-state index in [-0.39, 0.29) is 12.5 Å². The first-order chi connectivity index (χ1) is 29.3. The molecule has 1 aliphatic rings. The SMILES string of the molecule is CCCCCC/C=C/CC/C=C/CC/C=C/C(O)C(COC1OC(CO)C(O)C(O)C1O)NC(=O)CCCCCCCCCCCCC/C=C\CCCCCCCCCC. The van der Waals surface area contributed by atoms with Crippen LogP contribution in [0.1, 0.15) is 213 Å². The first-order valence-electron chi connectivity index (χ1n) is 24.9. The van der Waals surface area contributed by atoms with Gasteiger partial charge in [-0.25, -0.2) is 0 Å². The lowest BCUT2D eigenvalue weighted by Gasteiger charge is -2.40. The molecule has 6 N–H and O–H groups in total. The van der Waals surface area contributed by atoms with Gasteiger partial charge in [-0.2, -0.15) is 0 Å². The Morgan fingerprint density at radius 2 is 0.950 bits per heavy atom. The molecule has 0 saturated carbocycles. The number of aliphatic hydroxyl groups is 5. The third kappa shape index (κ3) is 31.1. The van der Waals surface area contributed by atoms with Crippen LogP contribution >= 0.6 is 0 Å². The molecule has 7 unspecified atom stereocenters. The zero-order valence-electron chi connectivity index (χ0n) is 38.5. The van der Waals surface area contributed by atoms with Crippen LogP contribution in [-0.2, 0) is 14.3 Å².